The quantitative estimate of drug-likeness (QED) is 0.761. The summed E-state index contributed by atoms with van der Waals surface area (Å²) in [6.07, 6.45) is 3.31. The van der Waals surface area contributed by atoms with E-state index in [1.165, 1.54) is 0 Å². The van der Waals surface area contributed by atoms with Crippen LogP contribution in [0.1, 0.15) is 31.5 Å². The Bertz CT molecular complexity index is 373. The molecular formula is C12H22N4O. The van der Waals surface area contributed by atoms with Gasteiger partial charge >= 0.3 is 0 Å². The topological polar surface area (TPSA) is 72.9 Å². The molecule has 0 spiro atoms. The number of carbonyl (C=O) groups is 1. The van der Waals surface area contributed by atoms with Crippen molar-refractivity contribution >= 4 is 5.91 Å². The van der Waals surface area contributed by atoms with Crippen molar-refractivity contribution in [3.8, 4) is 0 Å². The molecule has 1 atom stereocenters. The molecule has 0 aromatic carbocycles. The molecule has 0 fully saturated rings. The second-order valence-corrected chi connectivity index (χ2v) is 4.45. The summed E-state index contributed by atoms with van der Waals surface area (Å²) in [6.45, 7) is 5.12. The van der Waals surface area contributed by atoms with Crippen LogP contribution in [-0.2, 0) is 24.8 Å². The highest BCUT2D eigenvalue weighted by Crippen LogP contribution is 2.07. The van der Waals surface area contributed by atoms with E-state index < -0.39 is 0 Å². The minimum atomic E-state index is 0.0499. The Hall–Kier alpha value is -1.36. The number of nitrogens with one attached hydrogen (secondary N) is 1. The smallest absolute Gasteiger partial charge is 0.220 e. The zero-order valence-corrected chi connectivity index (χ0v) is 10.9. The van der Waals surface area contributed by atoms with Crippen LogP contribution in [0.25, 0.3) is 0 Å². The molecule has 17 heavy (non-hydrogen) atoms. The maximum Gasteiger partial charge on any atom is 0.220 e. The molecule has 1 unspecified atom stereocenters. The summed E-state index contributed by atoms with van der Waals surface area (Å²) in [5, 5.41) is 7.23. The number of nitrogens with zero attached hydrogens (tertiary/aromatic N) is 2. The van der Waals surface area contributed by atoms with Gasteiger partial charge in [-0.1, -0.05) is 13.8 Å². The average molecular weight is 238 g/mol. The van der Waals surface area contributed by atoms with Gasteiger partial charge in [0.1, 0.15) is 0 Å². The number of nitrogens with two attached hydrogens (primary N) is 1. The van der Waals surface area contributed by atoms with Gasteiger partial charge in [0.2, 0.25) is 5.91 Å². The molecule has 1 rings (SSSR count). The van der Waals surface area contributed by atoms with Crippen LogP contribution in [0.4, 0.5) is 0 Å². The molecule has 5 heteroatoms. The molecule has 0 aliphatic rings. The van der Waals surface area contributed by atoms with Gasteiger partial charge in [-0.05, 0) is 18.9 Å². The van der Waals surface area contributed by atoms with Crippen molar-refractivity contribution in [2.75, 3.05) is 6.54 Å². The van der Waals surface area contributed by atoms with Gasteiger partial charge in [-0.15, -0.1) is 0 Å². The van der Waals surface area contributed by atoms with Gasteiger partial charge in [0.05, 0.1) is 5.69 Å². The second-order valence-electron chi connectivity index (χ2n) is 4.45. The van der Waals surface area contributed by atoms with Crippen LogP contribution in [0.3, 0.4) is 0 Å². The lowest BCUT2D eigenvalue weighted by molar-refractivity contribution is -0.122. The third-order valence-corrected chi connectivity index (χ3v) is 2.74. The van der Waals surface area contributed by atoms with Crippen LogP contribution in [0.2, 0.25) is 0 Å². The van der Waals surface area contributed by atoms with Gasteiger partial charge < -0.3 is 11.1 Å². The average Bonchev–Trinajstić information content (AvgIpc) is 2.66. The first kappa shape index (κ1) is 13.7. The largest absolute Gasteiger partial charge is 0.352 e. The number of hydrogen-bond donors (Lipinski definition) is 2. The van der Waals surface area contributed by atoms with Crippen LogP contribution >= 0.6 is 0 Å². The molecule has 5 nitrogen and oxygen atoms in total. The summed E-state index contributed by atoms with van der Waals surface area (Å²) < 4.78 is 1.78. The second kappa shape index (κ2) is 6.39. The zero-order chi connectivity index (χ0) is 12.8. The summed E-state index contributed by atoms with van der Waals surface area (Å²) in [4.78, 5) is 11.6. The van der Waals surface area contributed by atoms with E-state index in [0.29, 0.717) is 19.5 Å². The van der Waals surface area contributed by atoms with Gasteiger partial charge in [0.25, 0.3) is 0 Å². The summed E-state index contributed by atoms with van der Waals surface area (Å²) in [5.41, 5.74) is 7.61. The lowest BCUT2D eigenvalue weighted by Crippen LogP contribution is -2.26. The Balaban J connectivity index is 2.46. The number of rotatable bonds is 6. The molecule has 0 aliphatic heterocycles. The van der Waals surface area contributed by atoms with Crippen LogP contribution < -0.4 is 11.1 Å². The van der Waals surface area contributed by atoms with Crippen LogP contribution in [0.5, 0.6) is 0 Å². The van der Waals surface area contributed by atoms with E-state index in [2.05, 4.69) is 17.3 Å². The minimum Gasteiger partial charge on any atom is -0.352 e. The van der Waals surface area contributed by atoms with Gasteiger partial charge in [-0.2, -0.15) is 5.10 Å². The molecule has 1 aromatic heterocycles. The number of amides is 1. The zero-order valence-electron chi connectivity index (χ0n) is 10.9. The monoisotopic (exact) mass is 238 g/mol. The third-order valence-electron chi connectivity index (χ3n) is 2.74. The molecule has 1 amide bonds. The Labute approximate surface area is 102 Å². The highest BCUT2D eigenvalue weighted by molar-refractivity contribution is 5.76. The number of hydrogen-bond acceptors (Lipinski definition) is 3. The Kier molecular flexibility index (Phi) is 5.15. The summed E-state index contributed by atoms with van der Waals surface area (Å²) in [6, 6.07) is 0. The van der Waals surface area contributed by atoms with Crippen molar-refractivity contribution in [3.05, 3.63) is 17.5 Å². The number of carbonyl (C=O) groups excluding carboxylic acids is 1. The fraction of sp³-hybridized carbons (Fsp3) is 0.667. The van der Waals surface area contributed by atoms with Crippen molar-refractivity contribution in [3.63, 3.8) is 0 Å². The van der Waals surface area contributed by atoms with Crippen molar-refractivity contribution in [1.29, 1.82) is 0 Å². The van der Waals surface area contributed by atoms with E-state index in [9.17, 15) is 4.79 Å². The van der Waals surface area contributed by atoms with Gasteiger partial charge in [0.15, 0.2) is 0 Å². The Morgan fingerprint density at radius 1 is 1.65 bits per heavy atom. The van der Waals surface area contributed by atoms with Crippen molar-refractivity contribution in [1.82, 2.24) is 15.1 Å². The maximum atomic E-state index is 11.6. The van der Waals surface area contributed by atoms with Crippen molar-refractivity contribution in [2.24, 2.45) is 18.7 Å². The maximum absolute atomic E-state index is 11.6. The van der Waals surface area contributed by atoms with Gasteiger partial charge in [-0.25, -0.2) is 0 Å². The molecule has 0 saturated heterocycles. The molecule has 3 N–H and O–H groups in total. The summed E-state index contributed by atoms with van der Waals surface area (Å²) in [5.74, 6) is 0.281. The predicted molar refractivity (Wildman–Crippen MR) is 67.3 cm³/mol. The fourth-order valence-electron chi connectivity index (χ4n) is 1.69. The Morgan fingerprint density at radius 2 is 2.35 bits per heavy atom. The van der Waals surface area contributed by atoms with Crippen LogP contribution in [-0.4, -0.2) is 22.2 Å². The van der Waals surface area contributed by atoms with E-state index in [-0.39, 0.29) is 11.8 Å². The normalized spacial score (nSPS) is 12.5. The molecule has 96 valence electrons. The fourth-order valence-corrected chi connectivity index (χ4v) is 1.69. The summed E-state index contributed by atoms with van der Waals surface area (Å²) in [7, 11) is 1.89. The van der Waals surface area contributed by atoms with Crippen LogP contribution in [0.15, 0.2) is 6.20 Å². The minimum absolute atomic E-state index is 0.0499. The molecule has 1 heterocycles. The van der Waals surface area contributed by atoms with E-state index in [1.54, 1.807) is 4.68 Å². The molecule has 0 bridgehead atoms. The molecule has 0 aliphatic carbocycles. The number of aryl methyl sites for hydroxylation is 2. The van der Waals surface area contributed by atoms with Gasteiger partial charge in [-0.3, -0.25) is 9.48 Å². The van der Waals surface area contributed by atoms with E-state index in [4.69, 9.17) is 5.73 Å². The van der Waals surface area contributed by atoms with Crippen molar-refractivity contribution in [2.45, 2.75) is 33.2 Å². The highest BCUT2D eigenvalue weighted by Gasteiger charge is 2.10. The third kappa shape index (κ3) is 4.19. The van der Waals surface area contributed by atoms with Crippen molar-refractivity contribution < 1.29 is 4.79 Å². The first-order valence-electron chi connectivity index (χ1n) is 6.05. The standard InChI is InChI=1S/C12H22N4O/c1-4-11-10(8-16(3)15-11)7-14-12(17)5-9(2)6-13/h8-9H,4-7,13H2,1-3H3,(H,14,17). The van der Waals surface area contributed by atoms with Crippen LogP contribution in [0, 0.1) is 5.92 Å². The predicted octanol–water partition coefficient (Wildman–Crippen LogP) is 0.584. The van der Waals surface area contributed by atoms with Gasteiger partial charge in [0, 0.05) is 31.8 Å². The Morgan fingerprint density at radius 3 is 2.94 bits per heavy atom. The number of aromatic nitrogens is 2. The summed E-state index contributed by atoms with van der Waals surface area (Å²) >= 11 is 0. The lowest BCUT2D eigenvalue weighted by atomic mass is 10.1. The van der Waals surface area contributed by atoms with E-state index in [0.717, 1.165) is 17.7 Å². The van der Waals surface area contributed by atoms with E-state index in [1.807, 2.05) is 20.2 Å². The molecular weight excluding hydrogens is 216 g/mol. The lowest BCUT2D eigenvalue weighted by Gasteiger charge is -2.08. The molecule has 0 saturated carbocycles. The highest BCUT2D eigenvalue weighted by atomic mass is 16.1. The first-order valence-corrected chi connectivity index (χ1v) is 6.05. The molecule has 0 radical (unpaired) electrons. The van der Waals surface area contributed by atoms with E-state index >= 15 is 0 Å². The first-order chi connectivity index (χ1) is 8.06. The molecule has 1 aromatic rings. The SMILES string of the molecule is CCc1nn(C)cc1CNC(=O)CC(C)CN.